The quantitative estimate of drug-likeness (QED) is 0.426. The number of hydrogen-bond acceptors (Lipinski definition) is 3. The predicted octanol–water partition coefficient (Wildman–Crippen LogP) is 4.74. The first kappa shape index (κ1) is 23.0. The van der Waals surface area contributed by atoms with Crippen molar-refractivity contribution >= 4 is 51.2 Å². The van der Waals surface area contributed by atoms with E-state index < -0.39 is 16.0 Å². The zero-order valence-electron chi connectivity index (χ0n) is 18.5. The second-order valence-corrected chi connectivity index (χ2v) is 10.9. The number of halogens is 2. The summed E-state index contributed by atoms with van der Waals surface area (Å²) in [5, 5.41) is 1.98. The Morgan fingerprint density at radius 3 is 2.24 bits per heavy atom. The molecule has 4 rings (SSSR count). The molecule has 170 valence electrons. The molecule has 0 fully saturated rings. The summed E-state index contributed by atoms with van der Waals surface area (Å²) in [6, 6.07) is 13.0. The summed E-state index contributed by atoms with van der Waals surface area (Å²) in [6.07, 6.45) is 1.34. The molecule has 0 aliphatic carbocycles. The number of benzene rings is 2. The molecule has 4 aromatic rings. The number of nitrogens with zero attached hydrogens (tertiary/aromatic N) is 2. The molecule has 2 aromatic heterocycles. The maximum Gasteiger partial charge on any atom is 0.261 e. The van der Waals surface area contributed by atoms with Gasteiger partial charge in [-0.15, -0.1) is 0 Å². The van der Waals surface area contributed by atoms with Crippen LogP contribution >= 0.6 is 11.6 Å². The van der Waals surface area contributed by atoms with E-state index in [4.69, 9.17) is 11.6 Å². The van der Waals surface area contributed by atoms with Gasteiger partial charge < -0.3 is 4.57 Å². The number of aromatic nitrogens is 2. The molecule has 2 aromatic carbocycles. The Bertz CT molecular complexity index is 1590. The van der Waals surface area contributed by atoms with Crippen molar-refractivity contribution in [2.24, 2.45) is 0 Å². The summed E-state index contributed by atoms with van der Waals surface area (Å²) in [7, 11) is -3.91. The molecule has 5 nitrogen and oxygen atoms in total. The highest BCUT2D eigenvalue weighted by atomic mass is 35.5. The van der Waals surface area contributed by atoms with Crippen LogP contribution in [0.1, 0.15) is 26.3 Å². The van der Waals surface area contributed by atoms with Crippen molar-refractivity contribution in [3.63, 3.8) is 0 Å². The van der Waals surface area contributed by atoms with Crippen LogP contribution in [-0.4, -0.2) is 18.0 Å². The number of fused-ring (bicyclic) bond motifs is 1. The highest BCUT2D eigenvalue weighted by Crippen LogP contribution is 2.29. The third-order valence-corrected chi connectivity index (χ3v) is 7.22. The topological polar surface area (TPSA) is 64.0 Å². The van der Waals surface area contributed by atoms with Gasteiger partial charge in [0.1, 0.15) is 5.69 Å². The van der Waals surface area contributed by atoms with Gasteiger partial charge in [0.15, 0.2) is 0 Å². The zero-order valence-corrected chi connectivity index (χ0v) is 20.1. The number of sulfonamides is 1. The van der Waals surface area contributed by atoms with E-state index >= 15 is 0 Å². The van der Waals surface area contributed by atoms with Crippen LogP contribution < -0.4 is 15.4 Å². The lowest BCUT2D eigenvalue weighted by Crippen LogP contribution is -2.24. The molecule has 0 spiro atoms. The maximum absolute atomic E-state index is 14.4. The Balaban J connectivity index is 1.87. The molecule has 2 heterocycles. The molecule has 33 heavy (non-hydrogen) atoms. The molecule has 1 N–H and O–H groups in total. The molecule has 0 aliphatic heterocycles. The Kier molecular flexibility index (Phi) is 5.58. The van der Waals surface area contributed by atoms with Gasteiger partial charge in [-0.1, -0.05) is 57.7 Å². The van der Waals surface area contributed by atoms with Gasteiger partial charge in [-0.05, 0) is 47.4 Å². The minimum Gasteiger partial charge on any atom is -0.306 e. The Morgan fingerprint density at radius 1 is 1.00 bits per heavy atom. The van der Waals surface area contributed by atoms with Crippen molar-refractivity contribution in [3.05, 3.63) is 82.0 Å². The molecular formula is C25H23ClFN3O2S. The van der Waals surface area contributed by atoms with Gasteiger partial charge in [-0.2, -0.15) is 4.39 Å². The number of rotatable bonds is 4. The van der Waals surface area contributed by atoms with Crippen LogP contribution in [0, 0.1) is 5.95 Å². The highest BCUT2D eigenvalue weighted by Gasteiger charge is 2.21. The molecule has 0 aliphatic rings. The summed E-state index contributed by atoms with van der Waals surface area (Å²) in [6.45, 7) is 14.3. The normalized spacial score (nSPS) is 12.3. The second kappa shape index (κ2) is 8.01. The predicted molar refractivity (Wildman–Crippen MR) is 132 cm³/mol. The van der Waals surface area contributed by atoms with E-state index in [0.717, 1.165) is 5.56 Å². The molecule has 0 saturated heterocycles. The van der Waals surface area contributed by atoms with Crippen LogP contribution in [0.25, 0.3) is 29.6 Å². The van der Waals surface area contributed by atoms with Crippen molar-refractivity contribution in [2.45, 2.75) is 31.1 Å². The van der Waals surface area contributed by atoms with E-state index in [1.165, 1.54) is 10.8 Å². The Labute approximate surface area is 196 Å². The van der Waals surface area contributed by atoms with Crippen LogP contribution in [0.5, 0.6) is 0 Å². The van der Waals surface area contributed by atoms with Gasteiger partial charge in [0.05, 0.1) is 15.6 Å². The van der Waals surface area contributed by atoms with Crippen molar-refractivity contribution in [3.8, 4) is 5.69 Å². The standard InChI is InChI=1S/C25H23ClFN3O2S/c1-15-22-19(26)12-13-20(23(22)16(2)30(15)21-7-6-14-28-24(21)27)29-33(31,32)18-10-8-17(9-11-18)25(3,4)5/h6-14,29H,1-2H2,3-5H3. The van der Waals surface area contributed by atoms with Gasteiger partial charge in [0.2, 0.25) is 5.95 Å². The van der Waals surface area contributed by atoms with E-state index in [1.54, 1.807) is 48.5 Å². The van der Waals surface area contributed by atoms with E-state index in [9.17, 15) is 12.8 Å². The van der Waals surface area contributed by atoms with E-state index in [-0.39, 0.29) is 21.7 Å². The summed E-state index contributed by atoms with van der Waals surface area (Å²) in [5.41, 5.74) is 1.33. The zero-order chi connectivity index (χ0) is 24.1. The van der Waals surface area contributed by atoms with Crippen molar-refractivity contribution < 1.29 is 12.8 Å². The fourth-order valence-electron chi connectivity index (χ4n) is 3.80. The number of hydrogen-bond donors (Lipinski definition) is 1. The van der Waals surface area contributed by atoms with E-state index in [2.05, 4.69) is 43.6 Å². The second-order valence-electron chi connectivity index (χ2n) is 8.77. The lowest BCUT2D eigenvalue weighted by molar-refractivity contribution is 0.573. The summed E-state index contributed by atoms with van der Waals surface area (Å²) in [5.74, 6) is -0.704. The van der Waals surface area contributed by atoms with Crippen LogP contribution in [0.4, 0.5) is 10.1 Å². The molecular weight excluding hydrogens is 461 g/mol. The fraction of sp³-hybridized carbons (Fsp3) is 0.160. The van der Waals surface area contributed by atoms with Crippen LogP contribution in [0.3, 0.4) is 0 Å². The first-order valence-electron chi connectivity index (χ1n) is 10.2. The lowest BCUT2D eigenvalue weighted by Gasteiger charge is -2.19. The first-order chi connectivity index (χ1) is 15.4. The monoisotopic (exact) mass is 483 g/mol. The van der Waals surface area contributed by atoms with Gasteiger partial charge in [0, 0.05) is 27.7 Å². The van der Waals surface area contributed by atoms with Gasteiger partial charge in [0.25, 0.3) is 10.0 Å². The molecule has 0 unspecified atom stereocenters. The summed E-state index contributed by atoms with van der Waals surface area (Å²) >= 11 is 6.43. The lowest BCUT2D eigenvalue weighted by atomic mass is 9.87. The highest BCUT2D eigenvalue weighted by molar-refractivity contribution is 7.92. The van der Waals surface area contributed by atoms with Crippen molar-refractivity contribution in [2.75, 3.05) is 4.72 Å². The summed E-state index contributed by atoms with van der Waals surface area (Å²) < 4.78 is 44.9. The van der Waals surface area contributed by atoms with Crippen LogP contribution in [0.2, 0.25) is 5.02 Å². The average molecular weight is 484 g/mol. The number of anilines is 1. The molecule has 0 saturated carbocycles. The number of pyridine rings is 1. The fourth-order valence-corrected chi connectivity index (χ4v) is 5.14. The molecule has 8 heteroatoms. The number of nitrogens with one attached hydrogen (secondary N) is 1. The van der Waals surface area contributed by atoms with Gasteiger partial charge >= 0.3 is 0 Å². The van der Waals surface area contributed by atoms with Crippen LogP contribution in [0.15, 0.2) is 59.6 Å². The minimum absolute atomic E-state index is 0.101. The molecule has 0 amide bonds. The van der Waals surface area contributed by atoms with Crippen LogP contribution in [-0.2, 0) is 15.4 Å². The van der Waals surface area contributed by atoms with E-state index in [1.807, 2.05) is 0 Å². The van der Waals surface area contributed by atoms with Gasteiger partial charge in [-0.25, -0.2) is 13.4 Å². The van der Waals surface area contributed by atoms with Crippen molar-refractivity contribution in [1.82, 2.24) is 9.55 Å². The third-order valence-electron chi connectivity index (χ3n) is 5.53. The SMILES string of the molecule is C=c1c2c(Cl)ccc(NS(=O)(=O)c3ccc(C(C)(C)C)cc3)c2c(=C)n1-c1cccnc1F. The summed E-state index contributed by atoms with van der Waals surface area (Å²) in [4.78, 5) is 3.81. The van der Waals surface area contributed by atoms with Gasteiger partial charge in [-0.3, -0.25) is 4.72 Å². The first-order valence-corrected chi connectivity index (χ1v) is 12.0. The maximum atomic E-state index is 14.4. The third kappa shape index (κ3) is 4.03. The molecule has 0 radical (unpaired) electrons. The smallest absolute Gasteiger partial charge is 0.261 e. The largest absolute Gasteiger partial charge is 0.306 e. The van der Waals surface area contributed by atoms with Crippen molar-refractivity contribution in [1.29, 1.82) is 0 Å². The molecule has 0 atom stereocenters. The minimum atomic E-state index is -3.91. The molecule has 0 bridgehead atoms. The Morgan fingerprint density at radius 2 is 1.64 bits per heavy atom. The van der Waals surface area contributed by atoms with E-state index in [0.29, 0.717) is 26.5 Å². The average Bonchev–Trinajstić information content (AvgIpc) is 3.01. The Hall–Kier alpha value is -3.16.